The van der Waals surface area contributed by atoms with Gasteiger partial charge < -0.3 is 0 Å². The maximum absolute atomic E-state index is 12.1. The van der Waals surface area contributed by atoms with Gasteiger partial charge in [0.2, 0.25) is 5.95 Å². The zero-order chi connectivity index (χ0) is 6.85. The molecule has 1 aromatic rings. The Kier molecular flexibility index (Phi) is 1.34. The van der Waals surface area contributed by atoms with Gasteiger partial charge in [-0.2, -0.15) is 4.39 Å². The monoisotopic (exact) mass is 126 g/mol. The molecule has 1 aromatic heterocycles. The van der Waals surface area contributed by atoms with E-state index in [9.17, 15) is 4.39 Å². The molecule has 1 heterocycles. The zero-order valence-electron chi connectivity index (χ0n) is 5.13. The first-order valence-electron chi connectivity index (χ1n) is 2.57. The van der Waals surface area contributed by atoms with Gasteiger partial charge in [0.15, 0.2) is 0 Å². The molecule has 0 aromatic carbocycles. The van der Waals surface area contributed by atoms with E-state index in [1.54, 1.807) is 6.92 Å². The SMILES string of the molecule is C=C(C)n1ccc(F)n1. The molecule has 0 atom stereocenters. The van der Waals surface area contributed by atoms with Gasteiger partial charge in [0.25, 0.3) is 0 Å². The van der Waals surface area contributed by atoms with E-state index < -0.39 is 5.95 Å². The molecule has 0 spiro atoms. The van der Waals surface area contributed by atoms with Gasteiger partial charge in [0, 0.05) is 18.0 Å². The molecule has 3 heteroatoms. The highest BCUT2D eigenvalue weighted by Crippen LogP contribution is 1.98. The van der Waals surface area contributed by atoms with E-state index in [4.69, 9.17) is 0 Å². The molecule has 2 nitrogen and oxygen atoms in total. The number of allylic oxidation sites excluding steroid dienone is 1. The number of nitrogens with zero attached hydrogens (tertiary/aromatic N) is 2. The second-order valence-corrected chi connectivity index (χ2v) is 1.82. The van der Waals surface area contributed by atoms with Crippen LogP contribution in [0.2, 0.25) is 0 Å². The predicted octanol–water partition coefficient (Wildman–Crippen LogP) is 1.51. The maximum atomic E-state index is 12.1. The van der Waals surface area contributed by atoms with Crippen molar-refractivity contribution in [2.45, 2.75) is 6.92 Å². The zero-order valence-corrected chi connectivity index (χ0v) is 5.13. The fraction of sp³-hybridized carbons (Fsp3) is 0.167. The van der Waals surface area contributed by atoms with Gasteiger partial charge in [-0.15, -0.1) is 5.10 Å². The van der Waals surface area contributed by atoms with Crippen molar-refractivity contribution in [3.63, 3.8) is 0 Å². The van der Waals surface area contributed by atoms with E-state index >= 15 is 0 Å². The van der Waals surface area contributed by atoms with Crippen LogP contribution in [-0.2, 0) is 0 Å². The standard InChI is InChI=1S/C6H7FN2/c1-5(2)9-4-3-6(7)8-9/h3-4H,1H2,2H3. The van der Waals surface area contributed by atoms with Crippen molar-refractivity contribution >= 4 is 5.70 Å². The van der Waals surface area contributed by atoms with Crippen LogP contribution >= 0.6 is 0 Å². The van der Waals surface area contributed by atoms with Crippen molar-refractivity contribution in [2.24, 2.45) is 0 Å². The molecule has 0 fully saturated rings. The van der Waals surface area contributed by atoms with Crippen LogP contribution in [-0.4, -0.2) is 9.78 Å². The summed E-state index contributed by atoms with van der Waals surface area (Å²) in [4.78, 5) is 0. The summed E-state index contributed by atoms with van der Waals surface area (Å²) in [5.41, 5.74) is 0.707. The fourth-order valence-electron chi connectivity index (χ4n) is 0.514. The van der Waals surface area contributed by atoms with Crippen molar-refractivity contribution < 1.29 is 4.39 Å². The molecule has 0 bridgehead atoms. The highest BCUT2D eigenvalue weighted by molar-refractivity contribution is 5.35. The van der Waals surface area contributed by atoms with E-state index in [-0.39, 0.29) is 0 Å². The first kappa shape index (κ1) is 6.01. The summed E-state index contributed by atoms with van der Waals surface area (Å²) in [7, 11) is 0. The number of hydrogen-bond acceptors (Lipinski definition) is 1. The Balaban J connectivity index is 2.98. The van der Waals surface area contributed by atoms with Gasteiger partial charge >= 0.3 is 0 Å². The third-order valence-electron chi connectivity index (χ3n) is 0.948. The summed E-state index contributed by atoms with van der Waals surface area (Å²) in [6.45, 7) is 5.33. The normalized spacial score (nSPS) is 9.56. The topological polar surface area (TPSA) is 17.8 Å². The van der Waals surface area contributed by atoms with Crippen LogP contribution < -0.4 is 0 Å². The maximum Gasteiger partial charge on any atom is 0.233 e. The minimum Gasteiger partial charge on any atom is -0.243 e. The number of halogens is 1. The van der Waals surface area contributed by atoms with Crippen molar-refractivity contribution in [3.8, 4) is 0 Å². The molecular weight excluding hydrogens is 119 g/mol. The summed E-state index contributed by atoms with van der Waals surface area (Å²) in [5, 5.41) is 3.46. The average Bonchev–Trinajstić information content (AvgIpc) is 2.14. The molecule has 0 saturated carbocycles. The summed E-state index contributed by atoms with van der Waals surface area (Å²) in [6, 6.07) is 1.29. The number of hydrogen-bond donors (Lipinski definition) is 0. The Morgan fingerprint density at radius 1 is 1.89 bits per heavy atom. The van der Waals surface area contributed by atoms with Gasteiger partial charge in [0.1, 0.15) is 0 Å². The predicted molar refractivity (Wildman–Crippen MR) is 33.2 cm³/mol. The minimum atomic E-state index is -0.474. The third kappa shape index (κ3) is 1.16. The molecule has 0 unspecified atom stereocenters. The molecule has 0 saturated heterocycles. The molecule has 0 aliphatic carbocycles. The Hall–Kier alpha value is -1.12. The number of aromatic nitrogens is 2. The quantitative estimate of drug-likeness (QED) is 0.557. The Morgan fingerprint density at radius 3 is 2.78 bits per heavy atom. The van der Waals surface area contributed by atoms with E-state index in [0.717, 1.165) is 0 Å². The van der Waals surface area contributed by atoms with E-state index in [1.807, 2.05) is 0 Å². The smallest absolute Gasteiger partial charge is 0.233 e. The number of rotatable bonds is 1. The van der Waals surface area contributed by atoms with Crippen LogP contribution in [0.15, 0.2) is 18.8 Å². The third-order valence-corrected chi connectivity index (χ3v) is 0.948. The van der Waals surface area contributed by atoms with E-state index in [1.165, 1.54) is 16.9 Å². The Bertz CT molecular complexity index is 227. The molecule has 0 aliphatic rings. The van der Waals surface area contributed by atoms with Gasteiger partial charge in [-0.25, -0.2) is 4.68 Å². The van der Waals surface area contributed by atoms with Gasteiger partial charge in [-0.05, 0) is 6.92 Å². The molecule has 0 N–H and O–H groups in total. The molecular formula is C6H7FN2. The highest BCUT2D eigenvalue weighted by atomic mass is 19.1. The first-order valence-corrected chi connectivity index (χ1v) is 2.57. The lowest BCUT2D eigenvalue weighted by Crippen LogP contribution is -1.92. The molecule has 9 heavy (non-hydrogen) atoms. The summed E-state index contributed by atoms with van der Waals surface area (Å²) in [5.74, 6) is -0.474. The first-order chi connectivity index (χ1) is 4.20. The Morgan fingerprint density at radius 2 is 2.56 bits per heavy atom. The van der Waals surface area contributed by atoms with Crippen LogP contribution in [0.5, 0.6) is 0 Å². The van der Waals surface area contributed by atoms with E-state index in [2.05, 4.69) is 11.7 Å². The Labute approximate surface area is 52.6 Å². The van der Waals surface area contributed by atoms with Crippen molar-refractivity contribution in [1.82, 2.24) is 9.78 Å². The minimum absolute atomic E-state index is 0.474. The van der Waals surface area contributed by atoms with E-state index in [0.29, 0.717) is 5.70 Å². The molecule has 1 rings (SSSR count). The lowest BCUT2D eigenvalue weighted by Gasteiger charge is -1.93. The highest BCUT2D eigenvalue weighted by Gasteiger charge is 1.93. The molecule has 0 aliphatic heterocycles. The fourth-order valence-corrected chi connectivity index (χ4v) is 0.514. The van der Waals surface area contributed by atoms with Gasteiger partial charge in [-0.1, -0.05) is 6.58 Å². The van der Waals surface area contributed by atoms with Crippen molar-refractivity contribution in [1.29, 1.82) is 0 Å². The summed E-state index contributed by atoms with van der Waals surface area (Å²) < 4.78 is 13.5. The van der Waals surface area contributed by atoms with Crippen LogP contribution in [0.4, 0.5) is 4.39 Å². The summed E-state index contributed by atoms with van der Waals surface area (Å²) >= 11 is 0. The van der Waals surface area contributed by atoms with Crippen molar-refractivity contribution in [2.75, 3.05) is 0 Å². The second kappa shape index (κ2) is 2.01. The average molecular weight is 126 g/mol. The molecule has 48 valence electrons. The van der Waals surface area contributed by atoms with Crippen LogP contribution in [0.3, 0.4) is 0 Å². The van der Waals surface area contributed by atoms with Crippen LogP contribution in [0, 0.1) is 5.95 Å². The van der Waals surface area contributed by atoms with Crippen molar-refractivity contribution in [3.05, 3.63) is 24.8 Å². The lowest BCUT2D eigenvalue weighted by atomic mass is 10.6. The largest absolute Gasteiger partial charge is 0.243 e. The van der Waals surface area contributed by atoms with Crippen LogP contribution in [0.25, 0.3) is 5.70 Å². The van der Waals surface area contributed by atoms with Gasteiger partial charge in [-0.3, -0.25) is 0 Å². The molecule has 0 radical (unpaired) electrons. The molecule has 0 amide bonds. The summed E-state index contributed by atoms with van der Waals surface area (Å²) in [6.07, 6.45) is 1.53. The van der Waals surface area contributed by atoms with Gasteiger partial charge in [0.05, 0.1) is 0 Å². The second-order valence-electron chi connectivity index (χ2n) is 1.82. The lowest BCUT2D eigenvalue weighted by molar-refractivity contribution is 0.568. The van der Waals surface area contributed by atoms with Crippen LogP contribution in [0.1, 0.15) is 6.92 Å².